The Labute approximate surface area is 165 Å². The molecule has 0 spiro atoms. The molecule has 0 radical (unpaired) electrons. The molecule has 0 aliphatic heterocycles. The van der Waals surface area contributed by atoms with E-state index in [2.05, 4.69) is 36.1 Å². The van der Waals surface area contributed by atoms with Gasteiger partial charge in [0.25, 0.3) is 0 Å². The first kappa shape index (κ1) is 21.5. The van der Waals surface area contributed by atoms with Crippen LogP contribution in [0, 0.1) is 5.82 Å². The number of nitrogens with zero attached hydrogens (tertiary/aromatic N) is 3. The highest BCUT2D eigenvalue weighted by atomic mass is 79.9. The number of benzene rings is 1. The second-order valence-corrected chi connectivity index (χ2v) is 8.59. The van der Waals surface area contributed by atoms with Crippen molar-refractivity contribution in [1.29, 1.82) is 0 Å². The summed E-state index contributed by atoms with van der Waals surface area (Å²) in [6.07, 6.45) is 1.61. The molecule has 2 N–H and O–H groups in total. The third-order valence-corrected chi connectivity index (χ3v) is 5.91. The number of sulfonamides is 1. The van der Waals surface area contributed by atoms with Crippen molar-refractivity contribution in [3.05, 3.63) is 45.4 Å². The zero-order valence-corrected chi connectivity index (χ0v) is 17.1. The maximum absolute atomic E-state index is 13.3. The summed E-state index contributed by atoms with van der Waals surface area (Å²) in [5.74, 6) is -0.371. The minimum Gasteiger partial charge on any atom is -0.411 e. The van der Waals surface area contributed by atoms with Crippen molar-refractivity contribution in [2.75, 3.05) is 12.3 Å². The van der Waals surface area contributed by atoms with Gasteiger partial charge in [-0.1, -0.05) is 23.3 Å². The molecule has 148 valence electrons. The number of nitrogens with one attached hydrogen (secondary N) is 1. The zero-order valence-electron chi connectivity index (χ0n) is 14.7. The fourth-order valence-corrected chi connectivity index (χ4v) is 4.07. The lowest BCUT2D eigenvalue weighted by atomic mass is 10.0. The molecule has 0 aliphatic carbocycles. The molecule has 0 saturated heterocycles. The van der Waals surface area contributed by atoms with Crippen LogP contribution in [0.1, 0.15) is 36.7 Å². The van der Waals surface area contributed by atoms with Gasteiger partial charge in [-0.05, 0) is 58.0 Å². The number of hydrogen-bond donors (Lipinski definition) is 2. The molecular weight excluding hydrogens is 443 g/mol. The zero-order chi connectivity index (χ0) is 19.9. The molecule has 2 rings (SSSR count). The minimum atomic E-state index is -3.26. The summed E-state index contributed by atoms with van der Waals surface area (Å²) in [7, 11) is -3.26. The molecule has 0 fully saturated rings. The van der Waals surface area contributed by atoms with E-state index in [1.54, 1.807) is 19.1 Å². The summed E-state index contributed by atoms with van der Waals surface area (Å²) >= 11 is 3.11. The first-order valence-corrected chi connectivity index (χ1v) is 10.7. The number of aromatic nitrogens is 2. The van der Waals surface area contributed by atoms with Gasteiger partial charge in [-0.2, -0.15) is 0 Å². The number of hydrogen-bond acceptors (Lipinski definition) is 7. The fourth-order valence-electron chi connectivity index (χ4n) is 2.48. The minimum absolute atomic E-state index is 0.0198. The van der Waals surface area contributed by atoms with E-state index in [1.165, 1.54) is 6.07 Å². The van der Waals surface area contributed by atoms with Gasteiger partial charge in [0, 0.05) is 13.0 Å². The molecule has 0 saturated carbocycles. The predicted octanol–water partition coefficient (Wildman–Crippen LogP) is 2.65. The summed E-state index contributed by atoms with van der Waals surface area (Å²) in [5.41, 5.74) is 1.71. The smallest absolute Gasteiger partial charge is 0.211 e. The molecule has 0 bridgehead atoms. The topological polar surface area (TPSA) is 118 Å². The first-order chi connectivity index (χ1) is 12.9. The van der Waals surface area contributed by atoms with E-state index < -0.39 is 15.8 Å². The Kier molecular flexibility index (Phi) is 7.87. The summed E-state index contributed by atoms with van der Waals surface area (Å²) < 4.78 is 44.1. The van der Waals surface area contributed by atoms with E-state index in [4.69, 9.17) is 4.63 Å². The van der Waals surface area contributed by atoms with Gasteiger partial charge in [0.15, 0.2) is 5.69 Å². The molecule has 2 aromatic rings. The standard InChI is InChI=1S/C16H20BrFN4O4S/c1-2-19-27(24,25)8-4-3-5-14-16(22-26-21-14)15(20-23)10-11-6-7-13(18)12(17)9-11/h6-7,9,19,23H,2-5,8,10H2,1H3/b20-15+. The van der Waals surface area contributed by atoms with Crippen molar-refractivity contribution in [2.24, 2.45) is 5.16 Å². The van der Waals surface area contributed by atoms with Gasteiger partial charge < -0.3 is 5.21 Å². The number of halogens is 2. The third kappa shape index (κ3) is 6.36. The van der Waals surface area contributed by atoms with Gasteiger partial charge in [-0.3, -0.25) is 0 Å². The van der Waals surface area contributed by atoms with E-state index in [-0.39, 0.29) is 17.9 Å². The van der Waals surface area contributed by atoms with Crippen molar-refractivity contribution in [3.8, 4) is 0 Å². The van der Waals surface area contributed by atoms with Crippen LogP contribution in [0.3, 0.4) is 0 Å². The average Bonchev–Trinajstić information content (AvgIpc) is 3.08. The lowest BCUT2D eigenvalue weighted by Crippen LogP contribution is -2.25. The van der Waals surface area contributed by atoms with Crippen molar-refractivity contribution in [2.45, 2.75) is 32.6 Å². The van der Waals surface area contributed by atoms with Crippen molar-refractivity contribution < 1.29 is 22.6 Å². The predicted molar refractivity (Wildman–Crippen MR) is 101 cm³/mol. The Morgan fingerprint density at radius 3 is 2.81 bits per heavy atom. The Morgan fingerprint density at radius 1 is 1.37 bits per heavy atom. The van der Waals surface area contributed by atoms with Gasteiger partial charge in [0.05, 0.1) is 10.2 Å². The van der Waals surface area contributed by atoms with Crippen LogP contribution in [0.2, 0.25) is 0 Å². The summed E-state index contributed by atoms with van der Waals surface area (Å²) in [4.78, 5) is 0. The van der Waals surface area contributed by atoms with E-state index >= 15 is 0 Å². The molecule has 0 amide bonds. The molecule has 8 nitrogen and oxygen atoms in total. The normalized spacial score (nSPS) is 12.5. The van der Waals surface area contributed by atoms with Gasteiger partial charge in [0.1, 0.15) is 17.2 Å². The molecule has 1 aromatic heterocycles. The van der Waals surface area contributed by atoms with E-state index in [0.717, 1.165) is 0 Å². The molecule has 27 heavy (non-hydrogen) atoms. The lowest BCUT2D eigenvalue weighted by Gasteiger charge is -2.05. The molecule has 0 atom stereocenters. The number of unbranched alkanes of at least 4 members (excludes halogenated alkanes) is 1. The third-order valence-electron chi connectivity index (χ3n) is 3.75. The van der Waals surface area contributed by atoms with Gasteiger partial charge >= 0.3 is 0 Å². The highest BCUT2D eigenvalue weighted by Crippen LogP contribution is 2.19. The largest absolute Gasteiger partial charge is 0.411 e. The number of rotatable bonds is 10. The highest BCUT2D eigenvalue weighted by Gasteiger charge is 2.18. The average molecular weight is 463 g/mol. The quantitative estimate of drug-likeness (QED) is 0.242. The van der Waals surface area contributed by atoms with Crippen LogP contribution >= 0.6 is 15.9 Å². The second-order valence-electron chi connectivity index (χ2n) is 5.81. The van der Waals surface area contributed by atoms with Crippen LogP contribution in [0.15, 0.2) is 32.5 Å². The van der Waals surface area contributed by atoms with E-state index in [1.807, 2.05) is 0 Å². The second kappa shape index (κ2) is 9.90. The van der Waals surface area contributed by atoms with Crippen LogP contribution in [0.4, 0.5) is 4.39 Å². The van der Waals surface area contributed by atoms with Gasteiger partial charge in [-0.15, -0.1) is 0 Å². The van der Waals surface area contributed by atoms with Crippen LogP contribution < -0.4 is 4.72 Å². The molecular formula is C16H20BrFN4O4S. The Bertz CT molecular complexity index is 902. The van der Waals surface area contributed by atoms with Crippen LogP contribution in [0.25, 0.3) is 0 Å². The molecule has 11 heteroatoms. The summed E-state index contributed by atoms with van der Waals surface area (Å²) in [6.45, 7) is 2.08. The first-order valence-electron chi connectivity index (χ1n) is 8.30. The van der Waals surface area contributed by atoms with Crippen LogP contribution in [-0.2, 0) is 22.9 Å². The Hall–Kier alpha value is -1.85. The number of oxime groups is 1. The van der Waals surface area contributed by atoms with E-state index in [9.17, 15) is 18.0 Å². The van der Waals surface area contributed by atoms with Gasteiger partial charge in [-0.25, -0.2) is 22.2 Å². The number of aryl methyl sites for hydroxylation is 1. The van der Waals surface area contributed by atoms with E-state index in [0.29, 0.717) is 47.2 Å². The van der Waals surface area contributed by atoms with Crippen molar-refractivity contribution in [3.63, 3.8) is 0 Å². The molecule has 0 aliphatic rings. The molecule has 0 unspecified atom stereocenters. The Morgan fingerprint density at radius 2 is 2.15 bits per heavy atom. The summed E-state index contributed by atoms with van der Waals surface area (Å²) in [6, 6.07) is 4.46. The van der Waals surface area contributed by atoms with Crippen LogP contribution in [0.5, 0.6) is 0 Å². The van der Waals surface area contributed by atoms with Crippen LogP contribution in [-0.4, -0.2) is 41.9 Å². The maximum Gasteiger partial charge on any atom is 0.211 e. The molecule has 1 aromatic carbocycles. The monoisotopic (exact) mass is 462 g/mol. The van der Waals surface area contributed by atoms with Crippen molar-refractivity contribution >= 4 is 31.7 Å². The lowest BCUT2D eigenvalue weighted by molar-refractivity contribution is 0.300. The SMILES string of the molecule is CCNS(=O)(=O)CCCCc1nonc1/C(Cc1ccc(F)c(Br)c1)=N/O. The van der Waals surface area contributed by atoms with Gasteiger partial charge in [0.2, 0.25) is 10.0 Å². The van der Waals surface area contributed by atoms with Crippen molar-refractivity contribution in [1.82, 2.24) is 15.0 Å². The fraction of sp³-hybridized carbons (Fsp3) is 0.438. The molecule has 1 heterocycles. The highest BCUT2D eigenvalue weighted by molar-refractivity contribution is 9.10. The maximum atomic E-state index is 13.3. The summed E-state index contributed by atoms with van der Waals surface area (Å²) in [5, 5.41) is 20.2. The Balaban J connectivity index is 2.00.